The molecule has 1 aliphatic rings. The minimum absolute atomic E-state index is 0.131. The summed E-state index contributed by atoms with van der Waals surface area (Å²) in [6.07, 6.45) is 5.69. The maximum atomic E-state index is 11.4. The Labute approximate surface area is 104 Å². The highest BCUT2D eigenvalue weighted by atomic mass is 16.2. The molecular formula is C13H26N2O2. The van der Waals surface area contributed by atoms with Gasteiger partial charge in [-0.15, -0.1) is 0 Å². The number of amides is 1. The average Bonchev–Trinajstić information content (AvgIpc) is 2.32. The van der Waals surface area contributed by atoms with Gasteiger partial charge in [-0.2, -0.15) is 0 Å². The molecule has 1 heterocycles. The minimum Gasteiger partial charge on any atom is -0.396 e. The number of carbonyl (C=O) groups excluding carboxylic acids is 1. The van der Waals surface area contributed by atoms with Gasteiger partial charge in [-0.3, -0.25) is 4.79 Å². The van der Waals surface area contributed by atoms with Crippen molar-refractivity contribution < 1.29 is 9.90 Å². The number of aliphatic hydroxyl groups is 1. The molecule has 17 heavy (non-hydrogen) atoms. The van der Waals surface area contributed by atoms with E-state index in [-0.39, 0.29) is 12.5 Å². The lowest BCUT2D eigenvalue weighted by Crippen LogP contribution is -2.32. The summed E-state index contributed by atoms with van der Waals surface area (Å²) < 4.78 is 0. The van der Waals surface area contributed by atoms with Gasteiger partial charge in [-0.05, 0) is 58.2 Å². The van der Waals surface area contributed by atoms with Crippen LogP contribution in [0.25, 0.3) is 0 Å². The number of carbonyl (C=O) groups is 1. The molecule has 1 amide bonds. The molecule has 4 nitrogen and oxygen atoms in total. The molecule has 1 aliphatic heterocycles. The fourth-order valence-electron chi connectivity index (χ4n) is 2.25. The van der Waals surface area contributed by atoms with Crippen molar-refractivity contribution in [3.8, 4) is 0 Å². The quantitative estimate of drug-likeness (QED) is 0.655. The van der Waals surface area contributed by atoms with Gasteiger partial charge in [0, 0.05) is 19.6 Å². The lowest BCUT2D eigenvalue weighted by Gasteiger charge is -2.28. The third-order valence-electron chi connectivity index (χ3n) is 3.52. The molecule has 2 N–H and O–H groups in total. The van der Waals surface area contributed by atoms with E-state index in [9.17, 15) is 4.79 Å². The van der Waals surface area contributed by atoms with Crippen LogP contribution in [0.4, 0.5) is 0 Å². The average molecular weight is 242 g/mol. The van der Waals surface area contributed by atoms with Crippen LogP contribution < -0.4 is 5.32 Å². The van der Waals surface area contributed by atoms with E-state index >= 15 is 0 Å². The van der Waals surface area contributed by atoms with E-state index in [1.807, 2.05) is 0 Å². The predicted molar refractivity (Wildman–Crippen MR) is 68.8 cm³/mol. The standard InChI is InChI=1S/C13H26N2O2/c1-15-9-6-12(7-10-15)5-8-14-13(17)4-2-3-11-16/h12,16H,2-11H2,1H3,(H,14,17). The maximum absolute atomic E-state index is 11.4. The Bertz CT molecular complexity index is 213. The Morgan fingerprint density at radius 1 is 1.35 bits per heavy atom. The molecule has 100 valence electrons. The van der Waals surface area contributed by atoms with E-state index < -0.39 is 0 Å². The number of aliphatic hydroxyl groups excluding tert-OH is 1. The first kappa shape index (κ1) is 14.5. The molecule has 0 radical (unpaired) electrons. The van der Waals surface area contributed by atoms with E-state index in [4.69, 9.17) is 5.11 Å². The topological polar surface area (TPSA) is 52.6 Å². The van der Waals surface area contributed by atoms with Crippen molar-refractivity contribution in [3.05, 3.63) is 0 Å². The Hall–Kier alpha value is -0.610. The molecule has 0 aliphatic carbocycles. The van der Waals surface area contributed by atoms with E-state index in [2.05, 4.69) is 17.3 Å². The predicted octanol–water partition coefficient (Wildman–Crippen LogP) is 0.997. The minimum atomic E-state index is 0.131. The molecule has 0 saturated carbocycles. The monoisotopic (exact) mass is 242 g/mol. The summed E-state index contributed by atoms with van der Waals surface area (Å²) in [6, 6.07) is 0. The van der Waals surface area contributed by atoms with Crippen molar-refractivity contribution in [2.24, 2.45) is 5.92 Å². The normalized spacial score (nSPS) is 18.2. The van der Waals surface area contributed by atoms with Gasteiger partial charge in [0.1, 0.15) is 0 Å². The van der Waals surface area contributed by atoms with E-state index in [0.717, 1.165) is 31.7 Å². The highest BCUT2D eigenvalue weighted by molar-refractivity contribution is 5.75. The molecule has 1 saturated heterocycles. The van der Waals surface area contributed by atoms with E-state index in [0.29, 0.717) is 6.42 Å². The molecular weight excluding hydrogens is 216 g/mol. The highest BCUT2D eigenvalue weighted by Crippen LogP contribution is 2.18. The Kier molecular flexibility index (Phi) is 7.21. The number of piperidine rings is 1. The highest BCUT2D eigenvalue weighted by Gasteiger charge is 2.16. The van der Waals surface area contributed by atoms with Gasteiger partial charge in [0.15, 0.2) is 0 Å². The molecule has 1 rings (SSSR count). The van der Waals surface area contributed by atoms with Crippen LogP contribution in [0.3, 0.4) is 0 Å². The van der Waals surface area contributed by atoms with E-state index in [1.165, 1.54) is 25.9 Å². The summed E-state index contributed by atoms with van der Waals surface area (Å²) >= 11 is 0. The lowest BCUT2D eigenvalue weighted by atomic mass is 9.94. The number of nitrogens with zero attached hydrogens (tertiary/aromatic N) is 1. The lowest BCUT2D eigenvalue weighted by molar-refractivity contribution is -0.121. The maximum Gasteiger partial charge on any atom is 0.219 e. The third-order valence-corrected chi connectivity index (χ3v) is 3.52. The number of hydrogen-bond donors (Lipinski definition) is 2. The van der Waals surface area contributed by atoms with Crippen LogP contribution in [0.1, 0.15) is 38.5 Å². The van der Waals surface area contributed by atoms with Crippen LogP contribution in [0.2, 0.25) is 0 Å². The van der Waals surface area contributed by atoms with Crippen LogP contribution in [0.5, 0.6) is 0 Å². The van der Waals surface area contributed by atoms with Gasteiger partial charge in [0.2, 0.25) is 5.91 Å². The summed E-state index contributed by atoms with van der Waals surface area (Å²) in [7, 11) is 2.17. The van der Waals surface area contributed by atoms with Crippen molar-refractivity contribution in [3.63, 3.8) is 0 Å². The number of hydrogen-bond acceptors (Lipinski definition) is 3. The largest absolute Gasteiger partial charge is 0.396 e. The third kappa shape index (κ3) is 6.64. The Morgan fingerprint density at radius 2 is 2.06 bits per heavy atom. The molecule has 1 fully saturated rings. The molecule has 4 heteroatoms. The zero-order valence-corrected chi connectivity index (χ0v) is 11.0. The molecule has 0 aromatic rings. The summed E-state index contributed by atoms with van der Waals surface area (Å²) in [5.74, 6) is 0.912. The van der Waals surface area contributed by atoms with Crippen LogP contribution in [0.15, 0.2) is 0 Å². The van der Waals surface area contributed by atoms with Crippen molar-refractivity contribution in [2.45, 2.75) is 38.5 Å². The van der Waals surface area contributed by atoms with Crippen molar-refractivity contribution in [2.75, 3.05) is 33.3 Å². The molecule has 0 unspecified atom stereocenters. The van der Waals surface area contributed by atoms with Crippen LogP contribution in [-0.4, -0.2) is 49.2 Å². The van der Waals surface area contributed by atoms with Crippen LogP contribution in [-0.2, 0) is 4.79 Å². The fraction of sp³-hybridized carbons (Fsp3) is 0.923. The zero-order valence-electron chi connectivity index (χ0n) is 11.0. The second-order valence-electron chi connectivity index (χ2n) is 5.07. The molecule has 0 atom stereocenters. The van der Waals surface area contributed by atoms with Gasteiger partial charge in [-0.25, -0.2) is 0 Å². The first-order chi connectivity index (χ1) is 8.22. The van der Waals surface area contributed by atoms with Gasteiger partial charge < -0.3 is 15.3 Å². The first-order valence-corrected chi connectivity index (χ1v) is 6.78. The molecule has 0 spiro atoms. The number of unbranched alkanes of at least 4 members (excludes halogenated alkanes) is 1. The van der Waals surface area contributed by atoms with Crippen LogP contribution >= 0.6 is 0 Å². The van der Waals surface area contributed by atoms with Gasteiger partial charge in [0.05, 0.1) is 0 Å². The zero-order chi connectivity index (χ0) is 12.5. The Balaban J connectivity index is 1.97. The van der Waals surface area contributed by atoms with Crippen molar-refractivity contribution in [1.82, 2.24) is 10.2 Å². The molecule has 0 aromatic heterocycles. The summed E-state index contributed by atoms with van der Waals surface area (Å²) in [6.45, 7) is 3.37. The number of likely N-dealkylation sites (tertiary alicyclic amines) is 1. The van der Waals surface area contributed by atoms with Gasteiger partial charge in [-0.1, -0.05) is 0 Å². The first-order valence-electron chi connectivity index (χ1n) is 6.78. The molecule has 0 bridgehead atoms. The van der Waals surface area contributed by atoms with Crippen molar-refractivity contribution >= 4 is 5.91 Å². The SMILES string of the molecule is CN1CCC(CCNC(=O)CCCCO)CC1. The van der Waals surface area contributed by atoms with E-state index in [1.54, 1.807) is 0 Å². The Morgan fingerprint density at radius 3 is 2.71 bits per heavy atom. The fourth-order valence-corrected chi connectivity index (χ4v) is 2.25. The van der Waals surface area contributed by atoms with Gasteiger partial charge >= 0.3 is 0 Å². The van der Waals surface area contributed by atoms with Gasteiger partial charge in [0.25, 0.3) is 0 Å². The summed E-state index contributed by atoms with van der Waals surface area (Å²) in [5.41, 5.74) is 0. The number of nitrogens with one attached hydrogen (secondary N) is 1. The number of rotatable bonds is 7. The van der Waals surface area contributed by atoms with Crippen LogP contribution in [0, 0.1) is 5.92 Å². The van der Waals surface area contributed by atoms with Crippen molar-refractivity contribution in [1.29, 1.82) is 0 Å². The second kappa shape index (κ2) is 8.48. The summed E-state index contributed by atoms with van der Waals surface area (Å²) in [4.78, 5) is 13.8. The smallest absolute Gasteiger partial charge is 0.219 e. The molecule has 0 aromatic carbocycles. The summed E-state index contributed by atoms with van der Waals surface area (Å²) in [5, 5.41) is 11.6. The second-order valence-corrected chi connectivity index (χ2v) is 5.07.